The first-order valence-electron chi connectivity index (χ1n) is 6.69. The van der Waals surface area contributed by atoms with Crippen molar-refractivity contribution in [2.45, 2.75) is 39.0 Å². The van der Waals surface area contributed by atoms with Crippen LogP contribution >= 0.6 is 0 Å². The van der Waals surface area contributed by atoms with E-state index in [4.69, 9.17) is 15.2 Å². The van der Waals surface area contributed by atoms with E-state index in [1.54, 1.807) is 20.8 Å². The highest BCUT2D eigenvalue weighted by atomic mass is 16.6. The van der Waals surface area contributed by atoms with E-state index < -0.39 is 23.6 Å². The number of benzene rings is 1. The van der Waals surface area contributed by atoms with Crippen LogP contribution in [-0.4, -0.2) is 30.3 Å². The molecule has 0 bridgehead atoms. The third-order valence-corrected chi connectivity index (χ3v) is 2.37. The number of alkyl carbamates (subject to hydrolysis) is 1. The third-order valence-electron chi connectivity index (χ3n) is 2.37. The largest absolute Gasteiger partial charge is 0.444 e. The molecule has 0 aliphatic rings. The van der Waals surface area contributed by atoms with Gasteiger partial charge in [0.2, 0.25) is 5.91 Å². The maximum absolute atomic E-state index is 11.7. The summed E-state index contributed by atoms with van der Waals surface area (Å²) in [4.78, 5) is 23.1. The van der Waals surface area contributed by atoms with Crippen LogP contribution in [0.5, 0.6) is 0 Å². The molecule has 21 heavy (non-hydrogen) atoms. The normalized spacial score (nSPS) is 12.6. The molecule has 0 fully saturated rings. The number of nitrogens with one attached hydrogen (secondary N) is 1. The zero-order valence-corrected chi connectivity index (χ0v) is 12.6. The monoisotopic (exact) mass is 294 g/mol. The lowest BCUT2D eigenvalue weighted by Crippen LogP contribution is -2.47. The molecule has 1 atom stereocenters. The zero-order valence-electron chi connectivity index (χ0n) is 12.6. The molecule has 0 spiro atoms. The molecule has 0 saturated carbocycles. The molecule has 0 saturated heterocycles. The number of amides is 2. The van der Waals surface area contributed by atoms with E-state index >= 15 is 0 Å². The minimum atomic E-state index is -0.929. The highest BCUT2D eigenvalue weighted by molar-refractivity contribution is 5.94. The van der Waals surface area contributed by atoms with Gasteiger partial charge in [0.05, 0.1) is 13.2 Å². The number of hydrogen-bond acceptors (Lipinski definition) is 5. The summed E-state index contributed by atoms with van der Waals surface area (Å²) in [6, 6.07) is 8.59. The van der Waals surface area contributed by atoms with E-state index in [2.05, 4.69) is 5.32 Å². The maximum Gasteiger partial charge on any atom is 0.414 e. The number of imide groups is 1. The molecule has 1 rings (SSSR count). The molecule has 0 aliphatic heterocycles. The van der Waals surface area contributed by atoms with Crippen molar-refractivity contribution in [3.05, 3.63) is 35.9 Å². The zero-order chi connectivity index (χ0) is 15.9. The Morgan fingerprint density at radius 3 is 2.43 bits per heavy atom. The van der Waals surface area contributed by atoms with Crippen molar-refractivity contribution in [3.63, 3.8) is 0 Å². The molecule has 0 unspecified atom stereocenters. The van der Waals surface area contributed by atoms with Crippen LogP contribution in [0.2, 0.25) is 0 Å². The Morgan fingerprint density at radius 2 is 1.86 bits per heavy atom. The lowest BCUT2D eigenvalue weighted by atomic mass is 10.2. The average Bonchev–Trinajstić information content (AvgIpc) is 2.37. The minimum Gasteiger partial charge on any atom is -0.444 e. The Hall–Kier alpha value is -1.92. The summed E-state index contributed by atoms with van der Waals surface area (Å²) < 4.78 is 10.3. The fourth-order valence-electron chi connectivity index (χ4n) is 1.45. The van der Waals surface area contributed by atoms with Gasteiger partial charge in [-0.3, -0.25) is 10.1 Å². The van der Waals surface area contributed by atoms with E-state index in [1.807, 2.05) is 30.3 Å². The predicted octanol–water partition coefficient (Wildman–Crippen LogP) is 1.58. The lowest BCUT2D eigenvalue weighted by Gasteiger charge is -2.20. The van der Waals surface area contributed by atoms with Gasteiger partial charge in [-0.05, 0) is 26.3 Å². The second kappa shape index (κ2) is 7.75. The summed E-state index contributed by atoms with van der Waals surface area (Å²) in [5, 5.41) is 2.08. The third kappa shape index (κ3) is 7.43. The number of rotatable bonds is 5. The highest BCUT2D eigenvalue weighted by Gasteiger charge is 2.21. The van der Waals surface area contributed by atoms with Crippen LogP contribution in [0.4, 0.5) is 4.79 Å². The van der Waals surface area contributed by atoms with Gasteiger partial charge in [0.25, 0.3) is 0 Å². The smallest absolute Gasteiger partial charge is 0.414 e. The van der Waals surface area contributed by atoms with Gasteiger partial charge in [0.1, 0.15) is 11.6 Å². The van der Waals surface area contributed by atoms with Gasteiger partial charge < -0.3 is 15.2 Å². The summed E-state index contributed by atoms with van der Waals surface area (Å²) in [7, 11) is 0. The quantitative estimate of drug-likeness (QED) is 0.860. The molecular formula is C15H22N2O4. The molecule has 0 aromatic heterocycles. The second-order valence-corrected chi connectivity index (χ2v) is 5.60. The highest BCUT2D eigenvalue weighted by Crippen LogP contribution is 2.06. The molecule has 0 aliphatic carbocycles. The van der Waals surface area contributed by atoms with Crippen molar-refractivity contribution in [2.24, 2.45) is 5.73 Å². The minimum absolute atomic E-state index is 0.0174. The Bertz CT molecular complexity index is 468. The molecule has 116 valence electrons. The Labute approximate surface area is 124 Å². The first kappa shape index (κ1) is 17.1. The SMILES string of the molecule is CC(C)(C)OC(=O)NC(=O)[C@@H](N)COCc1ccccc1. The number of carbonyl (C=O) groups is 2. The van der Waals surface area contributed by atoms with E-state index in [0.29, 0.717) is 6.61 Å². The van der Waals surface area contributed by atoms with Crippen molar-refractivity contribution < 1.29 is 19.1 Å². The Kier molecular flexibility index (Phi) is 6.33. The molecule has 0 radical (unpaired) electrons. The lowest BCUT2D eigenvalue weighted by molar-refractivity contribution is -0.123. The van der Waals surface area contributed by atoms with Crippen LogP contribution in [0.1, 0.15) is 26.3 Å². The number of ether oxygens (including phenoxy) is 2. The number of carbonyl (C=O) groups excluding carboxylic acids is 2. The van der Waals surface area contributed by atoms with Crippen LogP contribution in [-0.2, 0) is 20.9 Å². The van der Waals surface area contributed by atoms with E-state index in [0.717, 1.165) is 5.56 Å². The molecule has 1 aromatic carbocycles. The van der Waals surface area contributed by atoms with Gasteiger partial charge in [0.15, 0.2) is 0 Å². The van der Waals surface area contributed by atoms with Crippen molar-refractivity contribution in [1.29, 1.82) is 0 Å². The van der Waals surface area contributed by atoms with Crippen LogP contribution in [0.25, 0.3) is 0 Å². The fraction of sp³-hybridized carbons (Fsp3) is 0.467. The van der Waals surface area contributed by atoms with Crippen LogP contribution in [0.3, 0.4) is 0 Å². The molecule has 3 N–H and O–H groups in total. The van der Waals surface area contributed by atoms with Gasteiger partial charge >= 0.3 is 6.09 Å². The van der Waals surface area contributed by atoms with E-state index in [-0.39, 0.29) is 6.61 Å². The topological polar surface area (TPSA) is 90.7 Å². The van der Waals surface area contributed by atoms with E-state index in [1.165, 1.54) is 0 Å². The summed E-state index contributed by atoms with van der Waals surface area (Å²) in [6.07, 6.45) is -0.814. The van der Waals surface area contributed by atoms with Gasteiger partial charge in [-0.2, -0.15) is 0 Å². The number of nitrogens with two attached hydrogens (primary N) is 1. The van der Waals surface area contributed by atoms with Crippen LogP contribution in [0.15, 0.2) is 30.3 Å². The molecule has 1 aromatic rings. The average molecular weight is 294 g/mol. The molecule has 6 heteroatoms. The summed E-state index contributed by atoms with van der Waals surface area (Å²) in [5.74, 6) is -0.627. The fourth-order valence-corrected chi connectivity index (χ4v) is 1.45. The van der Waals surface area contributed by atoms with Gasteiger partial charge in [0, 0.05) is 0 Å². The van der Waals surface area contributed by atoms with Crippen molar-refractivity contribution >= 4 is 12.0 Å². The molecule has 2 amide bonds. The Balaban J connectivity index is 2.29. The van der Waals surface area contributed by atoms with Crippen molar-refractivity contribution in [3.8, 4) is 0 Å². The maximum atomic E-state index is 11.7. The Morgan fingerprint density at radius 1 is 1.24 bits per heavy atom. The molecule has 6 nitrogen and oxygen atoms in total. The van der Waals surface area contributed by atoms with Crippen molar-refractivity contribution in [2.75, 3.05) is 6.61 Å². The van der Waals surface area contributed by atoms with Crippen molar-refractivity contribution in [1.82, 2.24) is 5.32 Å². The molecule has 0 heterocycles. The summed E-state index contributed by atoms with van der Waals surface area (Å²) >= 11 is 0. The first-order valence-corrected chi connectivity index (χ1v) is 6.69. The number of hydrogen-bond donors (Lipinski definition) is 2. The first-order chi connectivity index (χ1) is 9.78. The van der Waals surface area contributed by atoms with Gasteiger partial charge in [-0.1, -0.05) is 30.3 Å². The predicted molar refractivity (Wildman–Crippen MR) is 78.5 cm³/mol. The molecular weight excluding hydrogens is 272 g/mol. The van der Waals surface area contributed by atoms with Gasteiger partial charge in [-0.25, -0.2) is 4.79 Å². The van der Waals surface area contributed by atoms with E-state index in [9.17, 15) is 9.59 Å². The summed E-state index contributed by atoms with van der Waals surface area (Å²) in [6.45, 7) is 5.50. The van der Waals surface area contributed by atoms with Crippen LogP contribution in [0, 0.1) is 0 Å². The van der Waals surface area contributed by atoms with Crippen LogP contribution < -0.4 is 11.1 Å². The van der Waals surface area contributed by atoms with Gasteiger partial charge in [-0.15, -0.1) is 0 Å². The standard InChI is InChI=1S/C15H22N2O4/c1-15(2,3)21-14(19)17-13(18)12(16)10-20-9-11-7-5-4-6-8-11/h4-8,12H,9-10,16H2,1-3H3,(H,17,18,19)/t12-/m0/s1. The summed E-state index contributed by atoms with van der Waals surface area (Å²) in [5.41, 5.74) is 5.96. The second-order valence-electron chi connectivity index (χ2n) is 5.60.